The summed E-state index contributed by atoms with van der Waals surface area (Å²) >= 11 is 5.76. The highest BCUT2D eigenvalue weighted by atomic mass is 35.5. The number of hydrogen-bond donors (Lipinski definition) is 2. The van der Waals surface area contributed by atoms with Crippen molar-refractivity contribution in [3.8, 4) is 0 Å². The molecule has 1 rings (SSSR count). The highest BCUT2D eigenvalue weighted by molar-refractivity contribution is 6.32. The molecule has 0 radical (unpaired) electrons. The molecule has 0 saturated carbocycles. The molecule has 0 unspecified atom stereocenters. The van der Waals surface area contributed by atoms with E-state index >= 15 is 0 Å². The van der Waals surface area contributed by atoms with E-state index in [9.17, 15) is 19.7 Å². The van der Waals surface area contributed by atoms with E-state index in [4.69, 9.17) is 11.6 Å². The first kappa shape index (κ1) is 21.9. The Bertz CT molecular complexity index is 649. The Morgan fingerprint density at radius 3 is 2.50 bits per heavy atom. The van der Waals surface area contributed by atoms with E-state index in [1.54, 1.807) is 0 Å². The van der Waals surface area contributed by atoms with Gasteiger partial charge in [-0.15, -0.1) is 0 Å². The lowest BCUT2D eigenvalue weighted by atomic mass is 10.0. The summed E-state index contributed by atoms with van der Waals surface area (Å²) in [7, 11) is 0. The van der Waals surface area contributed by atoms with Gasteiger partial charge in [0.25, 0.3) is 11.6 Å². The van der Waals surface area contributed by atoms with Crippen LogP contribution in [-0.4, -0.2) is 29.3 Å². The average Bonchev–Trinajstić information content (AvgIpc) is 2.58. The molecule has 1 aromatic carbocycles. The Kier molecular flexibility index (Phi) is 9.05. The molecule has 0 bridgehead atoms. The molecule has 0 spiro atoms. The van der Waals surface area contributed by atoms with Crippen molar-refractivity contribution in [3.63, 3.8) is 0 Å². The minimum atomic E-state index is -0.719. The predicted molar refractivity (Wildman–Crippen MR) is 101 cm³/mol. The summed E-state index contributed by atoms with van der Waals surface area (Å²) in [4.78, 5) is 35.1. The number of carbonyl (C=O) groups is 2. The van der Waals surface area contributed by atoms with Gasteiger partial charge in [0.15, 0.2) is 0 Å². The highest BCUT2D eigenvalue weighted by Crippen LogP contribution is 2.25. The van der Waals surface area contributed by atoms with Crippen LogP contribution in [0.3, 0.4) is 0 Å². The van der Waals surface area contributed by atoms with Crippen molar-refractivity contribution in [2.45, 2.75) is 52.5 Å². The standard InChI is InChI=1S/C18H26ClN3O4/c1-4-5-6-7-10-20-18(24)16(12(2)3)21-17(23)13-8-9-14(19)15(11-13)22(25)26/h8-9,11-12,16H,4-7,10H2,1-3H3,(H,20,24)(H,21,23)/t16-/m0/s1. The molecule has 2 amide bonds. The molecule has 0 aromatic heterocycles. The van der Waals surface area contributed by atoms with Gasteiger partial charge in [-0.2, -0.15) is 0 Å². The molecule has 0 aliphatic heterocycles. The zero-order valence-electron chi connectivity index (χ0n) is 15.4. The summed E-state index contributed by atoms with van der Waals surface area (Å²) in [6.07, 6.45) is 4.17. The molecule has 2 N–H and O–H groups in total. The Hall–Kier alpha value is -2.15. The summed E-state index contributed by atoms with van der Waals surface area (Å²) in [6.45, 7) is 6.33. The van der Waals surface area contributed by atoms with Crippen molar-refractivity contribution in [1.82, 2.24) is 10.6 Å². The van der Waals surface area contributed by atoms with Gasteiger partial charge in [-0.25, -0.2) is 0 Å². The third-order valence-electron chi connectivity index (χ3n) is 3.97. The second kappa shape index (κ2) is 10.8. The normalized spacial score (nSPS) is 11.9. The Morgan fingerprint density at radius 2 is 1.92 bits per heavy atom. The van der Waals surface area contributed by atoms with Gasteiger partial charge >= 0.3 is 0 Å². The SMILES string of the molecule is CCCCCCNC(=O)[C@@H](NC(=O)c1ccc(Cl)c([N+](=O)[O-])c1)C(C)C. The van der Waals surface area contributed by atoms with Crippen LogP contribution in [-0.2, 0) is 4.79 Å². The van der Waals surface area contributed by atoms with Crippen LogP contribution >= 0.6 is 11.6 Å². The molecule has 0 saturated heterocycles. The molecule has 0 aliphatic carbocycles. The van der Waals surface area contributed by atoms with E-state index in [0.29, 0.717) is 6.54 Å². The van der Waals surface area contributed by atoms with Crippen LogP contribution in [0.4, 0.5) is 5.69 Å². The molecule has 144 valence electrons. The van der Waals surface area contributed by atoms with Gasteiger partial charge in [0.1, 0.15) is 11.1 Å². The number of benzene rings is 1. The van der Waals surface area contributed by atoms with Gasteiger partial charge in [0.2, 0.25) is 5.91 Å². The fraction of sp³-hybridized carbons (Fsp3) is 0.556. The lowest BCUT2D eigenvalue weighted by Crippen LogP contribution is -2.49. The van der Waals surface area contributed by atoms with Crippen molar-refractivity contribution < 1.29 is 14.5 Å². The number of carbonyl (C=O) groups excluding carboxylic acids is 2. The minimum Gasteiger partial charge on any atom is -0.354 e. The number of nitrogens with one attached hydrogen (secondary N) is 2. The lowest BCUT2D eigenvalue weighted by molar-refractivity contribution is -0.384. The number of rotatable bonds is 10. The Balaban J connectivity index is 2.74. The maximum absolute atomic E-state index is 12.4. The number of nitro benzene ring substituents is 1. The van der Waals surface area contributed by atoms with E-state index in [0.717, 1.165) is 31.7 Å². The zero-order chi connectivity index (χ0) is 19.7. The minimum absolute atomic E-state index is 0.0446. The van der Waals surface area contributed by atoms with Crippen LogP contribution in [0.1, 0.15) is 56.8 Å². The number of nitro groups is 1. The summed E-state index contributed by atoms with van der Waals surface area (Å²) < 4.78 is 0. The predicted octanol–water partition coefficient (Wildman–Crippen LogP) is 3.70. The molecule has 8 heteroatoms. The fourth-order valence-electron chi connectivity index (χ4n) is 2.43. The third-order valence-corrected chi connectivity index (χ3v) is 4.29. The monoisotopic (exact) mass is 383 g/mol. The second-order valence-corrected chi connectivity index (χ2v) is 6.88. The van der Waals surface area contributed by atoms with E-state index in [-0.39, 0.29) is 28.1 Å². The quantitative estimate of drug-likeness (QED) is 0.365. The maximum Gasteiger partial charge on any atom is 0.288 e. The number of nitrogens with zero attached hydrogens (tertiary/aromatic N) is 1. The van der Waals surface area contributed by atoms with Crippen LogP contribution in [0.15, 0.2) is 18.2 Å². The molecule has 1 aromatic rings. The largest absolute Gasteiger partial charge is 0.354 e. The summed E-state index contributed by atoms with van der Waals surface area (Å²) in [5.41, 5.74) is -0.261. The molecule has 0 fully saturated rings. The van der Waals surface area contributed by atoms with Gasteiger partial charge in [-0.1, -0.05) is 51.6 Å². The van der Waals surface area contributed by atoms with Crippen molar-refractivity contribution in [2.24, 2.45) is 5.92 Å². The number of halogens is 1. The molecule has 26 heavy (non-hydrogen) atoms. The zero-order valence-corrected chi connectivity index (χ0v) is 16.1. The first-order valence-electron chi connectivity index (χ1n) is 8.80. The van der Waals surface area contributed by atoms with Gasteiger partial charge in [0, 0.05) is 18.2 Å². The summed E-state index contributed by atoms with van der Waals surface area (Å²) in [6, 6.07) is 3.08. The Morgan fingerprint density at radius 1 is 1.23 bits per heavy atom. The van der Waals surface area contributed by atoms with Crippen molar-refractivity contribution in [3.05, 3.63) is 38.9 Å². The van der Waals surface area contributed by atoms with Crippen LogP contribution in [0.25, 0.3) is 0 Å². The maximum atomic E-state index is 12.4. The number of unbranched alkanes of at least 4 members (excludes halogenated alkanes) is 3. The molecule has 7 nitrogen and oxygen atoms in total. The molecule has 0 heterocycles. The third kappa shape index (κ3) is 6.63. The van der Waals surface area contributed by atoms with E-state index < -0.39 is 16.9 Å². The van der Waals surface area contributed by atoms with Gasteiger partial charge < -0.3 is 10.6 Å². The van der Waals surface area contributed by atoms with Crippen LogP contribution < -0.4 is 10.6 Å². The van der Waals surface area contributed by atoms with E-state index in [2.05, 4.69) is 17.6 Å². The molecule has 0 aliphatic rings. The van der Waals surface area contributed by atoms with Gasteiger partial charge in [0.05, 0.1) is 4.92 Å². The topological polar surface area (TPSA) is 101 Å². The van der Waals surface area contributed by atoms with Crippen LogP contribution in [0.2, 0.25) is 5.02 Å². The number of amides is 2. The van der Waals surface area contributed by atoms with Crippen LogP contribution in [0.5, 0.6) is 0 Å². The van der Waals surface area contributed by atoms with Crippen molar-refractivity contribution in [2.75, 3.05) is 6.54 Å². The fourth-order valence-corrected chi connectivity index (χ4v) is 2.61. The summed E-state index contributed by atoms with van der Waals surface area (Å²) in [5, 5.41) is 16.4. The van der Waals surface area contributed by atoms with E-state index in [1.165, 1.54) is 12.1 Å². The molecular formula is C18H26ClN3O4. The first-order chi connectivity index (χ1) is 12.3. The average molecular weight is 384 g/mol. The van der Waals surface area contributed by atoms with E-state index in [1.807, 2.05) is 13.8 Å². The van der Waals surface area contributed by atoms with Gasteiger partial charge in [-0.3, -0.25) is 19.7 Å². The lowest BCUT2D eigenvalue weighted by Gasteiger charge is -2.21. The molecular weight excluding hydrogens is 358 g/mol. The smallest absolute Gasteiger partial charge is 0.288 e. The highest BCUT2D eigenvalue weighted by Gasteiger charge is 2.25. The molecule has 1 atom stereocenters. The summed E-state index contributed by atoms with van der Waals surface area (Å²) in [5.74, 6) is -0.935. The number of hydrogen-bond acceptors (Lipinski definition) is 4. The van der Waals surface area contributed by atoms with Crippen molar-refractivity contribution >= 4 is 29.1 Å². The van der Waals surface area contributed by atoms with Crippen LogP contribution in [0, 0.1) is 16.0 Å². The Labute approximate surface area is 158 Å². The van der Waals surface area contributed by atoms with Crippen molar-refractivity contribution in [1.29, 1.82) is 0 Å². The second-order valence-electron chi connectivity index (χ2n) is 6.47. The van der Waals surface area contributed by atoms with Gasteiger partial charge in [-0.05, 0) is 24.5 Å². The first-order valence-corrected chi connectivity index (χ1v) is 9.18.